The van der Waals surface area contributed by atoms with Crippen molar-refractivity contribution < 1.29 is 0 Å². The fraction of sp³-hybridized carbons (Fsp3) is 0.949. The van der Waals surface area contributed by atoms with E-state index in [0.717, 1.165) is 18.7 Å². The van der Waals surface area contributed by atoms with E-state index in [2.05, 4.69) is 27.7 Å². The first kappa shape index (κ1) is 78.1. The molecule has 0 N–H and O–H groups in total. The molecule has 0 spiro atoms. The highest BCUT2D eigenvalue weighted by molar-refractivity contribution is 5.27. The van der Waals surface area contributed by atoms with Gasteiger partial charge in [-0.3, -0.25) is 0 Å². The maximum absolute atomic E-state index is 5.38. The number of aryl methyl sites for hydroxylation is 3. The summed E-state index contributed by atoms with van der Waals surface area (Å²) >= 11 is 0. The number of unbranched alkanes of at least 4 members (excludes halogenated alkanes) is 63. The minimum Gasteiger partial charge on any atom is -0.238 e. The topological polar surface area (TPSA) is 25.8 Å². The van der Waals surface area contributed by atoms with Gasteiger partial charge in [0.15, 0.2) is 0 Å². The summed E-state index contributed by atoms with van der Waals surface area (Å²) in [5, 5.41) is 0. The molecular weight excluding hydrogens is 977 g/mol. The smallest absolute Gasteiger partial charge is 0.128 e. The lowest BCUT2D eigenvalue weighted by atomic mass is 9.96. The van der Waals surface area contributed by atoms with Gasteiger partial charge in [0, 0.05) is 17.8 Å². The van der Waals surface area contributed by atoms with E-state index in [-0.39, 0.29) is 0 Å². The maximum Gasteiger partial charge on any atom is 0.128 e. The van der Waals surface area contributed by atoms with Gasteiger partial charge in [0.1, 0.15) is 5.82 Å². The second kappa shape index (κ2) is 68.2. The van der Waals surface area contributed by atoms with Crippen LogP contribution in [0.4, 0.5) is 0 Å². The van der Waals surface area contributed by atoms with E-state index in [1.807, 2.05) is 0 Å². The van der Waals surface area contributed by atoms with Crippen molar-refractivity contribution in [1.29, 1.82) is 0 Å². The molecule has 1 aromatic rings. The normalized spacial score (nSPS) is 11.8. The van der Waals surface area contributed by atoms with Gasteiger partial charge in [0.25, 0.3) is 0 Å². The standard InChI is InChI=1S/C79H154N2/c1-5-9-12-15-18-21-24-27-30-33-36-39-42-45-48-51-54-57-60-63-66-69-73-76-77(74-70-67-64-61-58-55-52-49-46-43-40-37-34-31-28-25-22-19-16-13-10-6-2)80-79(72-8-4)81-78(76)75-71-68-65-62-59-56-53-50-47-44-41-38-35-32-29-26-23-20-17-14-11-7-3/h5-75H2,1-4H3. The van der Waals surface area contributed by atoms with Gasteiger partial charge in [-0.05, 0) is 50.5 Å². The fourth-order valence-electron chi connectivity index (χ4n) is 13.4. The summed E-state index contributed by atoms with van der Waals surface area (Å²) in [6, 6.07) is 0. The van der Waals surface area contributed by atoms with Gasteiger partial charge in [-0.2, -0.15) is 0 Å². The number of hydrogen-bond acceptors (Lipinski definition) is 2. The van der Waals surface area contributed by atoms with Crippen LogP contribution in [0, 0.1) is 0 Å². The first-order valence-electron chi connectivity index (χ1n) is 39.1. The van der Waals surface area contributed by atoms with Gasteiger partial charge >= 0.3 is 0 Å². The van der Waals surface area contributed by atoms with Crippen LogP contribution in [0.5, 0.6) is 0 Å². The molecule has 0 bridgehead atoms. The number of rotatable bonds is 71. The number of aromatic nitrogens is 2. The summed E-state index contributed by atoms with van der Waals surface area (Å²) < 4.78 is 0. The number of hydrogen-bond donors (Lipinski definition) is 0. The van der Waals surface area contributed by atoms with E-state index < -0.39 is 0 Å². The summed E-state index contributed by atoms with van der Waals surface area (Å²) in [6.45, 7) is 9.28. The molecule has 0 aliphatic rings. The molecule has 2 heteroatoms. The Kier molecular flexibility index (Phi) is 65.7. The Labute approximate surface area is 513 Å². The lowest BCUT2D eigenvalue weighted by molar-refractivity contribution is 0.517. The van der Waals surface area contributed by atoms with Crippen molar-refractivity contribution in [3.05, 3.63) is 22.8 Å². The molecule has 0 aromatic carbocycles. The van der Waals surface area contributed by atoms with Gasteiger partial charge in [-0.1, -0.05) is 432 Å². The van der Waals surface area contributed by atoms with Crippen LogP contribution in [-0.2, 0) is 25.7 Å². The van der Waals surface area contributed by atoms with Crippen molar-refractivity contribution in [3.63, 3.8) is 0 Å². The molecule has 480 valence electrons. The van der Waals surface area contributed by atoms with Crippen LogP contribution in [0.25, 0.3) is 0 Å². The summed E-state index contributed by atoms with van der Waals surface area (Å²) in [6.07, 6.45) is 101. The fourth-order valence-corrected chi connectivity index (χ4v) is 13.4. The van der Waals surface area contributed by atoms with Gasteiger partial charge in [0.05, 0.1) is 0 Å². The van der Waals surface area contributed by atoms with Crippen molar-refractivity contribution in [3.8, 4) is 0 Å². The molecule has 0 aliphatic heterocycles. The monoisotopic (exact) mass is 1130 g/mol. The summed E-state index contributed by atoms with van der Waals surface area (Å²) in [5.74, 6) is 1.15. The summed E-state index contributed by atoms with van der Waals surface area (Å²) in [4.78, 5) is 10.8. The average molecular weight is 1130 g/mol. The zero-order valence-corrected chi connectivity index (χ0v) is 57.1. The molecule has 1 aromatic heterocycles. The minimum absolute atomic E-state index is 1.04. The quantitative estimate of drug-likeness (QED) is 0.0608. The third-order valence-corrected chi connectivity index (χ3v) is 19.0. The van der Waals surface area contributed by atoms with E-state index in [1.165, 1.54) is 454 Å². The molecule has 0 atom stereocenters. The molecule has 0 saturated carbocycles. The first-order valence-corrected chi connectivity index (χ1v) is 39.1. The van der Waals surface area contributed by atoms with Crippen LogP contribution in [0.15, 0.2) is 0 Å². The van der Waals surface area contributed by atoms with E-state index in [4.69, 9.17) is 9.97 Å². The van der Waals surface area contributed by atoms with Crippen molar-refractivity contribution in [2.75, 3.05) is 0 Å². The zero-order valence-electron chi connectivity index (χ0n) is 57.1. The highest BCUT2D eigenvalue weighted by Gasteiger charge is 2.15. The predicted octanol–water partition coefficient (Wildman–Crippen LogP) is 28.9. The van der Waals surface area contributed by atoms with Crippen molar-refractivity contribution in [1.82, 2.24) is 9.97 Å². The Bertz CT molecular complexity index is 1230. The van der Waals surface area contributed by atoms with Crippen LogP contribution in [0.2, 0.25) is 0 Å². The Hall–Kier alpha value is -0.920. The number of nitrogens with zero attached hydrogens (tertiary/aromatic N) is 2. The lowest BCUT2D eigenvalue weighted by Gasteiger charge is -2.16. The van der Waals surface area contributed by atoms with Gasteiger partial charge in [-0.15, -0.1) is 0 Å². The largest absolute Gasteiger partial charge is 0.238 e. The van der Waals surface area contributed by atoms with Crippen LogP contribution in [-0.4, -0.2) is 9.97 Å². The van der Waals surface area contributed by atoms with E-state index in [9.17, 15) is 0 Å². The lowest BCUT2D eigenvalue weighted by Crippen LogP contribution is -2.11. The molecule has 0 radical (unpaired) electrons. The van der Waals surface area contributed by atoms with Gasteiger partial charge in [0.2, 0.25) is 0 Å². The van der Waals surface area contributed by atoms with Crippen molar-refractivity contribution >= 4 is 0 Å². The first-order chi connectivity index (χ1) is 40.3. The molecule has 2 nitrogen and oxygen atoms in total. The van der Waals surface area contributed by atoms with Crippen molar-refractivity contribution in [2.45, 2.75) is 484 Å². The SMILES string of the molecule is CCCCCCCCCCCCCCCCCCCCCCCCc1nc(CCC)nc(CCCCCCCCCCCCCCCCCCCCCCCC)c1CCCCCCCCCCCCCCCCCCCCCCCC. The maximum atomic E-state index is 5.38. The highest BCUT2D eigenvalue weighted by Crippen LogP contribution is 2.24. The van der Waals surface area contributed by atoms with Crippen LogP contribution >= 0.6 is 0 Å². The third-order valence-electron chi connectivity index (χ3n) is 19.0. The molecule has 81 heavy (non-hydrogen) atoms. The second-order valence-electron chi connectivity index (χ2n) is 27.3. The summed E-state index contributed by atoms with van der Waals surface area (Å²) in [7, 11) is 0. The molecule has 1 heterocycles. The van der Waals surface area contributed by atoms with E-state index >= 15 is 0 Å². The molecular formula is C79H154N2. The zero-order chi connectivity index (χ0) is 57.9. The van der Waals surface area contributed by atoms with Gasteiger partial charge in [-0.25, -0.2) is 9.97 Å². The van der Waals surface area contributed by atoms with Crippen molar-refractivity contribution in [2.24, 2.45) is 0 Å². The van der Waals surface area contributed by atoms with Crippen LogP contribution in [0.3, 0.4) is 0 Å². The summed E-state index contributed by atoms with van der Waals surface area (Å²) in [5.41, 5.74) is 4.51. The molecule has 1 rings (SSSR count). The Morgan fingerprint density at radius 1 is 0.148 bits per heavy atom. The molecule has 0 saturated heterocycles. The van der Waals surface area contributed by atoms with Gasteiger partial charge < -0.3 is 0 Å². The second-order valence-corrected chi connectivity index (χ2v) is 27.3. The third kappa shape index (κ3) is 57.9. The molecule has 0 unspecified atom stereocenters. The Morgan fingerprint density at radius 2 is 0.296 bits per heavy atom. The molecule has 0 amide bonds. The minimum atomic E-state index is 1.04. The van der Waals surface area contributed by atoms with Crippen LogP contribution in [0.1, 0.15) is 481 Å². The van der Waals surface area contributed by atoms with Crippen LogP contribution < -0.4 is 0 Å². The van der Waals surface area contributed by atoms with E-state index in [1.54, 1.807) is 5.56 Å². The van der Waals surface area contributed by atoms with E-state index in [0.29, 0.717) is 0 Å². The Morgan fingerprint density at radius 3 is 0.457 bits per heavy atom. The Balaban J connectivity index is 2.38. The predicted molar refractivity (Wildman–Crippen MR) is 369 cm³/mol. The average Bonchev–Trinajstić information content (AvgIpc) is 3.47. The molecule has 0 fully saturated rings. The molecule has 0 aliphatic carbocycles. The highest BCUT2D eigenvalue weighted by atomic mass is 14.9.